The van der Waals surface area contributed by atoms with E-state index in [2.05, 4.69) is 26.7 Å². The van der Waals surface area contributed by atoms with Crippen molar-refractivity contribution in [3.05, 3.63) is 53.8 Å². The van der Waals surface area contributed by atoms with E-state index in [0.717, 1.165) is 29.1 Å². The van der Waals surface area contributed by atoms with E-state index in [9.17, 15) is 9.59 Å². The van der Waals surface area contributed by atoms with E-state index in [1.54, 1.807) is 30.5 Å². The van der Waals surface area contributed by atoms with Crippen molar-refractivity contribution in [3.63, 3.8) is 0 Å². The molecule has 2 rings (SSSR count). The highest BCUT2D eigenvalue weighted by Crippen LogP contribution is 2.28. The van der Waals surface area contributed by atoms with Crippen LogP contribution >= 0.6 is 0 Å². The third-order valence-corrected chi connectivity index (χ3v) is 11.1. The molecular weight excluding hydrogens is 396 g/mol. The molecule has 2 aromatic rings. The smallest absolute Gasteiger partial charge is 0.352 e. The van der Waals surface area contributed by atoms with Crippen molar-refractivity contribution < 1.29 is 23.5 Å². The lowest BCUT2D eigenvalue weighted by atomic mass is 10.1. The van der Waals surface area contributed by atoms with Gasteiger partial charge in [-0.15, -0.1) is 12.3 Å². The first-order valence-corrected chi connectivity index (χ1v) is 13.0. The van der Waals surface area contributed by atoms with Gasteiger partial charge >= 0.3 is 11.9 Å². The Labute approximate surface area is 179 Å². The molecule has 0 unspecified atom stereocenters. The zero-order valence-corrected chi connectivity index (χ0v) is 19.1. The minimum atomic E-state index is -1.71. The maximum absolute atomic E-state index is 12.9. The van der Waals surface area contributed by atoms with Crippen LogP contribution in [0.1, 0.15) is 57.5 Å². The van der Waals surface area contributed by atoms with Gasteiger partial charge in [0.05, 0.1) is 18.1 Å². The van der Waals surface area contributed by atoms with E-state index in [0.29, 0.717) is 5.56 Å². The molecule has 160 valence electrons. The Balaban J connectivity index is 2.29. The number of esters is 2. The second-order valence-electron chi connectivity index (χ2n) is 7.32. The van der Waals surface area contributed by atoms with Crippen LogP contribution < -0.4 is 5.38 Å². The Morgan fingerprint density at radius 3 is 2.23 bits per heavy atom. The van der Waals surface area contributed by atoms with Crippen molar-refractivity contribution in [2.75, 3.05) is 0 Å². The molecule has 0 fully saturated rings. The standard InChI is InChI=1S/C24H30O5Si/c1-6-13-21(20-16-22(27-17-20)30(7-2,8-3)9-4)29-24(26)23(28-18(5)25)19-14-11-10-12-15-19/h1,10-12,14-17,21,23H,7-9,13H2,2-5H3/t21-,23+/m1/s1. The summed E-state index contributed by atoms with van der Waals surface area (Å²) in [6.45, 7) is 7.85. The molecule has 0 aliphatic rings. The van der Waals surface area contributed by atoms with Crippen LogP contribution in [0.25, 0.3) is 0 Å². The van der Waals surface area contributed by atoms with Gasteiger partial charge < -0.3 is 13.9 Å². The van der Waals surface area contributed by atoms with Crippen molar-refractivity contribution in [2.45, 2.75) is 64.5 Å². The summed E-state index contributed by atoms with van der Waals surface area (Å²) in [5.74, 6) is 1.34. The molecular formula is C24H30O5Si. The number of terminal acetylenes is 1. The lowest BCUT2D eigenvalue weighted by Gasteiger charge is -2.25. The fraction of sp³-hybridized carbons (Fsp3) is 0.417. The highest BCUT2D eigenvalue weighted by molar-refractivity contribution is 6.90. The number of furan rings is 1. The number of carbonyl (C=O) groups excluding carboxylic acids is 2. The molecule has 0 aliphatic carbocycles. The van der Waals surface area contributed by atoms with Gasteiger partial charge in [0.1, 0.15) is 14.2 Å². The molecule has 30 heavy (non-hydrogen) atoms. The van der Waals surface area contributed by atoms with Gasteiger partial charge in [0, 0.05) is 18.1 Å². The highest BCUT2D eigenvalue weighted by atomic mass is 28.3. The number of ether oxygens (including phenoxy) is 2. The molecule has 0 spiro atoms. The van der Waals surface area contributed by atoms with Crippen molar-refractivity contribution >= 4 is 25.4 Å². The second-order valence-corrected chi connectivity index (χ2v) is 12.5. The third-order valence-electron chi connectivity index (χ3n) is 5.71. The molecule has 0 saturated heterocycles. The molecule has 2 atom stereocenters. The average molecular weight is 427 g/mol. The Morgan fingerprint density at radius 1 is 1.07 bits per heavy atom. The summed E-state index contributed by atoms with van der Waals surface area (Å²) >= 11 is 0. The zero-order chi connectivity index (χ0) is 22.1. The number of carbonyl (C=O) groups is 2. The SMILES string of the molecule is C#CC[C@@H](OC(=O)[C@@H](OC(C)=O)c1ccccc1)c1coc([Si](CC)(CC)CC)c1. The lowest BCUT2D eigenvalue weighted by Crippen LogP contribution is -2.44. The molecule has 0 saturated carbocycles. The first kappa shape index (κ1) is 23.5. The molecule has 1 heterocycles. The summed E-state index contributed by atoms with van der Waals surface area (Å²) in [5, 5.41) is 1.00. The topological polar surface area (TPSA) is 65.7 Å². The zero-order valence-electron chi connectivity index (χ0n) is 18.1. The third kappa shape index (κ3) is 5.42. The van der Waals surface area contributed by atoms with Crippen LogP contribution in [-0.2, 0) is 19.1 Å². The summed E-state index contributed by atoms with van der Waals surface area (Å²) in [4.78, 5) is 24.5. The number of rotatable bonds is 10. The Bertz CT molecular complexity index is 868. The predicted octanol–water partition coefficient (Wildman–Crippen LogP) is 4.91. The van der Waals surface area contributed by atoms with Crippen molar-refractivity contribution in [2.24, 2.45) is 0 Å². The van der Waals surface area contributed by atoms with Crippen molar-refractivity contribution in [3.8, 4) is 12.3 Å². The molecule has 0 N–H and O–H groups in total. The fourth-order valence-electron chi connectivity index (χ4n) is 3.65. The molecule has 0 aliphatic heterocycles. The first-order valence-electron chi connectivity index (χ1n) is 10.4. The minimum Gasteiger partial charge on any atom is -0.474 e. The first-order chi connectivity index (χ1) is 14.4. The maximum Gasteiger partial charge on any atom is 0.352 e. The summed E-state index contributed by atoms with van der Waals surface area (Å²) in [7, 11) is -1.71. The van der Waals surface area contributed by atoms with Gasteiger partial charge in [0.25, 0.3) is 0 Å². The van der Waals surface area contributed by atoms with Crippen molar-refractivity contribution in [1.29, 1.82) is 0 Å². The second kappa shape index (κ2) is 10.8. The van der Waals surface area contributed by atoms with Gasteiger partial charge in [-0.3, -0.25) is 4.79 Å². The van der Waals surface area contributed by atoms with Crippen molar-refractivity contribution in [1.82, 2.24) is 0 Å². The van der Waals surface area contributed by atoms with Crippen LogP contribution in [0, 0.1) is 12.3 Å². The Hall–Kier alpha value is -2.78. The molecule has 1 aromatic carbocycles. The van der Waals surface area contributed by atoms with Gasteiger partial charge in [0.15, 0.2) is 0 Å². The number of hydrogen-bond donors (Lipinski definition) is 0. The van der Waals surface area contributed by atoms with E-state index < -0.39 is 32.2 Å². The van der Waals surface area contributed by atoms with E-state index in [1.165, 1.54) is 6.92 Å². The number of benzene rings is 1. The quantitative estimate of drug-likeness (QED) is 0.307. The van der Waals surface area contributed by atoms with Gasteiger partial charge in [-0.05, 0) is 6.07 Å². The summed E-state index contributed by atoms with van der Waals surface area (Å²) in [5.41, 5.74) is 1.28. The van der Waals surface area contributed by atoms with E-state index in [-0.39, 0.29) is 6.42 Å². The van der Waals surface area contributed by atoms with Gasteiger partial charge in [-0.25, -0.2) is 4.79 Å². The highest BCUT2D eigenvalue weighted by Gasteiger charge is 2.34. The molecule has 0 radical (unpaired) electrons. The van der Waals surface area contributed by atoms with Crippen LogP contribution in [0.4, 0.5) is 0 Å². The number of hydrogen-bond acceptors (Lipinski definition) is 5. The van der Waals surface area contributed by atoms with Crippen LogP contribution in [0.2, 0.25) is 18.1 Å². The molecule has 1 aromatic heterocycles. The Kier molecular flexibility index (Phi) is 8.49. The minimum absolute atomic E-state index is 0.200. The molecule has 0 bridgehead atoms. The van der Waals surface area contributed by atoms with Crippen LogP contribution in [-0.4, -0.2) is 20.0 Å². The monoisotopic (exact) mass is 426 g/mol. The van der Waals surface area contributed by atoms with E-state index >= 15 is 0 Å². The van der Waals surface area contributed by atoms with Crippen LogP contribution in [0.3, 0.4) is 0 Å². The normalized spacial score (nSPS) is 13.2. The summed E-state index contributed by atoms with van der Waals surface area (Å²) < 4.78 is 16.9. The van der Waals surface area contributed by atoms with E-state index in [4.69, 9.17) is 20.3 Å². The summed E-state index contributed by atoms with van der Waals surface area (Å²) in [6, 6.07) is 14.0. The van der Waals surface area contributed by atoms with Gasteiger partial charge in [-0.2, -0.15) is 0 Å². The van der Waals surface area contributed by atoms with Gasteiger partial charge in [0.2, 0.25) is 6.10 Å². The Morgan fingerprint density at radius 2 is 1.70 bits per heavy atom. The summed E-state index contributed by atoms with van der Waals surface area (Å²) in [6.07, 6.45) is 5.55. The van der Waals surface area contributed by atoms with Crippen LogP contribution in [0.5, 0.6) is 0 Å². The fourth-order valence-corrected chi connectivity index (χ4v) is 6.98. The molecule has 6 heteroatoms. The van der Waals surface area contributed by atoms with Gasteiger partial charge in [-0.1, -0.05) is 69.2 Å². The van der Waals surface area contributed by atoms with Crippen LogP contribution in [0.15, 0.2) is 47.1 Å². The molecule has 5 nitrogen and oxygen atoms in total. The maximum atomic E-state index is 12.9. The van der Waals surface area contributed by atoms with E-state index in [1.807, 2.05) is 12.1 Å². The largest absolute Gasteiger partial charge is 0.474 e. The predicted molar refractivity (Wildman–Crippen MR) is 119 cm³/mol. The molecule has 0 amide bonds. The lowest BCUT2D eigenvalue weighted by molar-refractivity contribution is -0.171. The average Bonchev–Trinajstić information content (AvgIpc) is 3.24.